The van der Waals surface area contributed by atoms with Crippen LogP contribution >= 0.6 is 0 Å². The molecule has 0 rings (SSSR count). The van der Waals surface area contributed by atoms with Crippen LogP contribution in [0.2, 0.25) is 0 Å². The molecule has 0 N–H and O–H groups in total. The molecule has 0 heterocycles. The van der Waals surface area contributed by atoms with Gasteiger partial charge in [-0.15, -0.1) is 0 Å². The van der Waals surface area contributed by atoms with Crippen LogP contribution < -0.4 is 0 Å². The molecule has 0 radical (unpaired) electrons. The lowest BCUT2D eigenvalue weighted by molar-refractivity contribution is -0.250. The normalized spacial score (nSPS) is 10.6. The van der Waals surface area contributed by atoms with Gasteiger partial charge in [-0.25, -0.2) is 4.79 Å². The largest absolute Gasteiger partial charge is 0.383 e. The molecule has 0 unspecified atom stereocenters. The van der Waals surface area contributed by atoms with Crippen LogP contribution in [0.25, 0.3) is 0 Å². The molecule has 0 aliphatic rings. The first-order valence-electron chi connectivity index (χ1n) is 3.61. The molecule has 0 spiro atoms. The molecule has 4 nitrogen and oxygen atoms in total. The molecule has 0 fully saturated rings. The SMILES string of the molecule is CCCC=C(C#N)C(=O)OOC. The monoisotopic (exact) mass is 169 g/mol. The Bertz CT molecular complexity index is 215. The van der Waals surface area contributed by atoms with E-state index < -0.39 is 5.97 Å². The number of nitrogens with zero attached hydrogens (tertiary/aromatic N) is 1. The summed E-state index contributed by atoms with van der Waals surface area (Å²) in [7, 11) is 1.21. The van der Waals surface area contributed by atoms with Gasteiger partial charge in [0.15, 0.2) is 0 Å². The van der Waals surface area contributed by atoms with Crippen LogP contribution in [0.4, 0.5) is 0 Å². The van der Waals surface area contributed by atoms with E-state index in [2.05, 4.69) is 9.78 Å². The Kier molecular flexibility index (Phi) is 5.66. The number of rotatable bonds is 4. The molecule has 0 aromatic carbocycles. The van der Waals surface area contributed by atoms with E-state index in [9.17, 15) is 4.79 Å². The van der Waals surface area contributed by atoms with E-state index in [4.69, 9.17) is 5.26 Å². The Labute approximate surface area is 71.3 Å². The first kappa shape index (κ1) is 10.7. The van der Waals surface area contributed by atoms with E-state index in [1.807, 2.05) is 6.92 Å². The van der Waals surface area contributed by atoms with Gasteiger partial charge in [-0.1, -0.05) is 19.4 Å². The fraction of sp³-hybridized carbons (Fsp3) is 0.500. The quantitative estimate of drug-likeness (QED) is 0.276. The van der Waals surface area contributed by atoms with Gasteiger partial charge in [0, 0.05) is 0 Å². The van der Waals surface area contributed by atoms with Crippen LogP contribution in [0.5, 0.6) is 0 Å². The maximum Gasteiger partial charge on any atom is 0.383 e. The molecular formula is C8H11NO3. The summed E-state index contributed by atoms with van der Waals surface area (Å²) in [4.78, 5) is 19.1. The van der Waals surface area contributed by atoms with Crippen molar-refractivity contribution in [2.24, 2.45) is 0 Å². The standard InChI is InChI=1S/C8H11NO3/c1-3-4-5-7(6-9)8(10)12-11-2/h5H,3-4H2,1-2H3. The highest BCUT2D eigenvalue weighted by atomic mass is 17.2. The second-order valence-corrected chi connectivity index (χ2v) is 2.06. The van der Waals surface area contributed by atoms with Gasteiger partial charge >= 0.3 is 5.97 Å². The zero-order valence-corrected chi connectivity index (χ0v) is 7.16. The number of carbonyl (C=O) groups is 1. The molecule has 12 heavy (non-hydrogen) atoms. The Morgan fingerprint density at radius 3 is 2.75 bits per heavy atom. The van der Waals surface area contributed by atoms with Crippen molar-refractivity contribution in [2.45, 2.75) is 19.8 Å². The number of hydrogen-bond donors (Lipinski definition) is 0. The average molecular weight is 169 g/mol. The second kappa shape index (κ2) is 6.38. The van der Waals surface area contributed by atoms with Gasteiger partial charge in [0.05, 0.1) is 7.11 Å². The van der Waals surface area contributed by atoms with Gasteiger partial charge in [0.25, 0.3) is 0 Å². The summed E-state index contributed by atoms with van der Waals surface area (Å²) < 4.78 is 0. The van der Waals surface area contributed by atoms with Crippen molar-refractivity contribution in [1.29, 1.82) is 5.26 Å². The fourth-order valence-electron chi connectivity index (χ4n) is 0.584. The highest BCUT2D eigenvalue weighted by molar-refractivity contribution is 5.92. The first-order chi connectivity index (χ1) is 5.76. The summed E-state index contributed by atoms with van der Waals surface area (Å²) in [5.41, 5.74) is -0.0151. The van der Waals surface area contributed by atoms with Crippen LogP contribution in [0.15, 0.2) is 11.6 Å². The van der Waals surface area contributed by atoms with Crippen LogP contribution in [0.1, 0.15) is 19.8 Å². The minimum atomic E-state index is -0.742. The first-order valence-corrected chi connectivity index (χ1v) is 3.61. The Balaban J connectivity index is 4.16. The molecule has 0 saturated carbocycles. The summed E-state index contributed by atoms with van der Waals surface area (Å²) in [5, 5.41) is 8.48. The highest BCUT2D eigenvalue weighted by Gasteiger charge is 2.09. The van der Waals surface area contributed by atoms with Gasteiger partial charge in [-0.2, -0.15) is 10.1 Å². The van der Waals surface area contributed by atoms with Gasteiger partial charge in [-0.05, 0) is 6.42 Å². The summed E-state index contributed by atoms with van der Waals surface area (Å²) in [6.07, 6.45) is 3.09. The summed E-state index contributed by atoms with van der Waals surface area (Å²) in [6, 6.07) is 1.73. The lowest BCUT2D eigenvalue weighted by Gasteiger charge is -1.96. The highest BCUT2D eigenvalue weighted by Crippen LogP contribution is 2.00. The van der Waals surface area contributed by atoms with Gasteiger partial charge < -0.3 is 0 Å². The van der Waals surface area contributed by atoms with E-state index in [0.717, 1.165) is 6.42 Å². The number of unbranched alkanes of at least 4 members (excludes halogenated alkanes) is 1. The van der Waals surface area contributed by atoms with Crippen molar-refractivity contribution in [1.82, 2.24) is 0 Å². The van der Waals surface area contributed by atoms with E-state index in [1.165, 1.54) is 13.2 Å². The third kappa shape index (κ3) is 3.74. The Morgan fingerprint density at radius 2 is 2.33 bits per heavy atom. The van der Waals surface area contributed by atoms with E-state index in [1.54, 1.807) is 6.07 Å². The number of nitriles is 1. The zero-order chi connectivity index (χ0) is 9.40. The van der Waals surface area contributed by atoms with Crippen molar-refractivity contribution >= 4 is 5.97 Å². The average Bonchev–Trinajstić information content (AvgIpc) is 2.06. The van der Waals surface area contributed by atoms with Gasteiger partial charge in [0.2, 0.25) is 0 Å². The lowest BCUT2D eigenvalue weighted by Crippen LogP contribution is -2.05. The Hall–Kier alpha value is -1.34. The summed E-state index contributed by atoms with van der Waals surface area (Å²) >= 11 is 0. The molecule has 0 aliphatic carbocycles. The second-order valence-electron chi connectivity index (χ2n) is 2.06. The molecule has 0 aliphatic heterocycles. The van der Waals surface area contributed by atoms with Gasteiger partial charge in [-0.3, -0.25) is 4.89 Å². The molecular weight excluding hydrogens is 158 g/mol. The summed E-state index contributed by atoms with van der Waals surface area (Å²) in [5.74, 6) is -0.742. The Morgan fingerprint density at radius 1 is 1.67 bits per heavy atom. The van der Waals surface area contributed by atoms with Crippen LogP contribution in [-0.2, 0) is 14.6 Å². The predicted octanol–water partition coefficient (Wildman–Crippen LogP) is 1.34. The number of allylic oxidation sites excluding steroid dienone is 1. The van der Waals surface area contributed by atoms with Crippen LogP contribution in [0, 0.1) is 11.3 Å². The maximum atomic E-state index is 10.8. The third-order valence-electron chi connectivity index (χ3n) is 1.14. The maximum absolute atomic E-state index is 10.8. The number of carbonyl (C=O) groups excluding carboxylic acids is 1. The molecule has 0 aromatic heterocycles. The smallest absolute Gasteiger partial charge is 0.292 e. The van der Waals surface area contributed by atoms with Crippen molar-refractivity contribution < 1.29 is 14.6 Å². The van der Waals surface area contributed by atoms with Gasteiger partial charge in [0.1, 0.15) is 11.6 Å². The lowest BCUT2D eigenvalue weighted by atomic mass is 10.2. The molecule has 0 bridgehead atoms. The molecule has 0 saturated heterocycles. The molecule has 4 heteroatoms. The molecule has 0 atom stereocenters. The van der Waals surface area contributed by atoms with E-state index >= 15 is 0 Å². The minimum absolute atomic E-state index is 0.0151. The van der Waals surface area contributed by atoms with Crippen molar-refractivity contribution in [3.05, 3.63) is 11.6 Å². The van der Waals surface area contributed by atoms with E-state index in [0.29, 0.717) is 6.42 Å². The molecule has 0 amide bonds. The zero-order valence-electron chi connectivity index (χ0n) is 7.16. The third-order valence-corrected chi connectivity index (χ3v) is 1.14. The predicted molar refractivity (Wildman–Crippen MR) is 41.7 cm³/mol. The van der Waals surface area contributed by atoms with Crippen molar-refractivity contribution in [2.75, 3.05) is 7.11 Å². The summed E-state index contributed by atoms with van der Waals surface area (Å²) in [6.45, 7) is 1.95. The van der Waals surface area contributed by atoms with Crippen LogP contribution in [-0.4, -0.2) is 13.1 Å². The van der Waals surface area contributed by atoms with Crippen LogP contribution in [0.3, 0.4) is 0 Å². The van der Waals surface area contributed by atoms with Crippen molar-refractivity contribution in [3.63, 3.8) is 0 Å². The van der Waals surface area contributed by atoms with Crippen molar-refractivity contribution in [3.8, 4) is 6.07 Å². The van der Waals surface area contributed by atoms with E-state index in [-0.39, 0.29) is 5.57 Å². The topological polar surface area (TPSA) is 59.3 Å². The minimum Gasteiger partial charge on any atom is -0.292 e. The number of hydrogen-bond acceptors (Lipinski definition) is 4. The molecule has 66 valence electrons. The molecule has 0 aromatic rings. The fourth-order valence-corrected chi connectivity index (χ4v) is 0.584.